The second-order valence-corrected chi connectivity index (χ2v) is 8.32. The van der Waals surface area contributed by atoms with Crippen LogP contribution in [-0.4, -0.2) is 59.9 Å². The molecule has 0 saturated carbocycles. The molecule has 2 amide bonds. The van der Waals surface area contributed by atoms with Gasteiger partial charge < -0.3 is 15.1 Å². The first kappa shape index (κ1) is 21.4. The van der Waals surface area contributed by atoms with E-state index < -0.39 is 6.04 Å². The third-order valence-electron chi connectivity index (χ3n) is 5.73. The number of benzene rings is 1. The summed E-state index contributed by atoms with van der Waals surface area (Å²) < 4.78 is 0. The van der Waals surface area contributed by atoms with E-state index in [4.69, 9.17) is 0 Å². The average molecular weight is 374 g/mol. The summed E-state index contributed by atoms with van der Waals surface area (Å²) in [6.07, 6.45) is 1.97. The number of nitrogens with zero attached hydrogens (tertiary/aromatic N) is 2. The minimum atomic E-state index is -0.509. The fraction of sp³-hybridized carbons (Fsp3) is 0.636. The molecule has 1 aliphatic rings. The van der Waals surface area contributed by atoms with Crippen LogP contribution in [0.2, 0.25) is 0 Å². The molecule has 27 heavy (non-hydrogen) atoms. The molecule has 1 aromatic carbocycles. The van der Waals surface area contributed by atoms with Gasteiger partial charge in [0.15, 0.2) is 0 Å². The number of nitrogens with one attached hydrogen (secondary N) is 1. The number of likely N-dealkylation sites (tertiary alicyclic amines) is 1. The van der Waals surface area contributed by atoms with E-state index >= 15 is 0 Å². The van der Waals surface area contributed by atoms with E-state index in [9.17, 15) is 9.59 Å². The van der Waals surface area contributed by atoms with E-state index in [-0.39, 0.29) is 23.8 Å². The Hall–Kier alpha value is -1.88. The first-order valence-corrected chi connectivity index (χ1v) is 10.1. The maximum absolute atomic E-state index is 13.1. The van der Waals surface area contributed by atoms with Crippen LogP contribution in [0.5, 0.6) is 0 Å². The second kappa shape index (κ2) is 9.36. The Labute approximate surface area is 164 Å². The zero-order chi connectivity index (χ0) is 20.1. The molecule has 2 rings (SSSR count). The van der Waals surface area contributed by atoms with Crippen LogP contribution in [0, 0.1) is 12.8 Å². The first-order valence-electron chi connectivity index (χ1n) is 10.1. The summed E-state index contributed by atoms with van der Waals surface area (Å²) in [4.78, 5) is 30.2. The van der Waals surface area contributed by atoms with Gasteiger partial charge in [-0.2, -0.15) is 0 Å². The number of hydrogen-bond donors (Lipinski definition) is 1. The molecule has 0 aliphatic carbocycles. The van der Waals surface area contributed by atoms with Gasteiger partial charge in [0.25, 0.3) is 5.91 Å². The topological polar surface area (TPSA) is 52.7 Å². The summed E-state index contributed by atoms with van der Waals surface area (Å²) in [7, 11) is 1.88. The Bertz CT molecular complexity index is 649. The summed E-state index contributed by atoms with van der Waals surface area (Å²) in [5.74, 6) is -0.137. The lowest BCUT2D eigenvalue weighted by Gasteiger charge is -2.40. The largest absolute Gasteiger partial charge is 0.341 e. The minimum absolute atomic E-state index is 0.00920. The van der Waals surface area contributed by atoms with Crippen molar-refractivity contribution in [2.45, 2.75) is 65.6 Å². The van der Waals surface area contributed by atoms with E-state index in [1.807, 2.05) is 50.9 Å². The van der Waals surface area contributed by atoms with Gasteiger partial charge in [0.2, 0.25) is 5.91 Å². The molecule has 5 heteroatoms. The summed E-state index contributed by atoms with van der Waals surface area (Å²) in [6.45, 7) is 12.3. The summed E-state index contributed by atoms with van der Waals surface area (Å²) in [5.41, 5.74) is 1.54. The van der Waals surface area contributed by atoms with Crippen LogP contribution in [0.15, 0.2) is 24.3 Å². The normalized spacial score (nSPS) is 17.2. The fourth-order valence-corrected chi connectivity index (χ4v) is 3.75. The molecule has 0 spiro atoms. The van der Waals surface area contributed by atoms with Gasteiger partial charge >= 0.3 is 0 Å². The molecule has 1 heterocycles. The van der Waals surface area contributed by atoms with Gasteiger partial charge in [-0.25, -0.2) is 0 Å². The van der Waals surface area contributed by atoms with Crippen LogP contribution in [0.1, 0.15) is 56.5 Å². The zero-order valence-electron chi connectivity index (χ0n) is 17.7. The number of rotatable bonds is 6. The highest BCUT2D eigenvalue weighted by atomic mass is 16.2. The molecule has 1 aromatic rings. The molecule has 0 radical (unpaired) electrons. The van der Waals surface area contributed by atoms with Gasteiger partial charge in [-0.1, -0.05) is 32.0 Å². The number of piperidine rings is 1. The molecular formula is C22H35N3O2. The highest BCUT2D eigenvalue weighted by molar-refractivity contribution is 5.98. The van der Waals surface area contributed by atoms with Crippen LogP contribution in [0.4, 0.5) is 0 Å². The van der Waals surface area contributed by atoms with Crippen molar-refractivity contribution in [3.63, 3.8) is 0 Å². The lowest BCUT2D eigenvalue weighted by molar-refractivity contribution is -0.136. The van der Waals surface area contributed by atoms with Gasteiger partial charge in [0.1, 0.15) is 6.04 Å². The van der Waals surface area contributed by atoms with Crippen LogP contribution in [-0.2, 0) is 4.79 Å². The molecule has 150 valence electrons. The molecule has 1 atom stereocenters. The number of carbonyl (C=O) groups excluding carboxylic acids is 2. The molecular weight excluding hydrogens is 338 g/mol. The van der Waals surface area contributed by atoms with Crippen molar-refractivity contribution in [1.29, 1.82) is 0 Å². The van der Waals surface area contributed by atoms with E-state index in [1.165, 1.54) is 0 Å². The van der Waals surface area contributed by atoms with Crippen molar-refractivity contribution < 1.29 is 9.59 Å². The Morgan fingerprint density at radius 3 is 2.22 bits per heavy atom. The van der Waals surface area contributed by atoms with Gasteiger partial charge in [0, 0.05) is 37.8 Å². The third kappa shape index (κ3) is 5.32. The van der Waals surface area contributed by atoms with E-state index in [2.05, 4.69) is 24.1 Å². The molecule has 0 aromatic heterocycles. The third-order valence-corrected chi connectivity index (χ3v) is 5.73. The van der Waals surface area contributed by atoms with Crippen molar-refractivity contribution in [2.24, 2.45) is 5.92 Å². The molecule has 1 unspecified atom stereocenters. The summed E-state index contributed by atoms with van der Waals surface area (Å²) in [5, 5.41) is 2.98. The summed E-state index contributed by atoms with van der Waals surface area (Å²) in [6, 6.07) is 7.75. The number of carbonyl (C=O) groups is 2. The van der Waals surface area contributed by atoms with Gasteiger partial charge in [-0.3, -0.25) is 9.59 Å². The molecule has 1 N–H and O–H groups in total. The lowest BCUT2D eigenvalue weighted by Crippen LogP contribution is -2.55. The van der Waals surface area contributed by atoms with Gasteiger partial charge in [-0.05, 0) is 51.2 Å². The molecule has 5 nitrogen and oxygen atoms in total. The lowest BCUT2D eigenvalue weighted by atomic mass is 9.98. The number of likely N-dealkylation sites (N-methyl/N-ethyl adjacent to an activating group) is 1. The van der Waals surface area contributed by atoms with Crippen LogP contribution in [0.25, 0.3) is 0 Å². The van der Waals surface area contributed by atoms with E-state index in [1.54, 1.807) is 6.07 Å². The van der Waals surface area contributed by atoms with Crippen molar-refractivity contribution >= 4 is 11.8 Å². The SMILES string of the molecule is Cc1ccccc1C(=O)NC(C(=O)N(C)C1CCN(C(C)C)CC1)C(C)C. The molecule has 1 aliphatic heterocycles. The number of amides is 2. The Morgan fingerprint density at radius 1 is 1.11 bits per heavy atom. The van der Waals surface area contributed by atoms with Crippen molar-refractivity contribution in [1.82, 2.24) is 15.1 Å². The van der Waals surface area contributed by atoms with Crippen LogP contribution in [0.3, 0.4) is 0 Å². The summed E-state index contributed by atoms with van der Waals surface area (Å²) >= 11 is 0. The quantitative estimate of drug-likeness (QED) is 0.834. The maximum atomic E-state index is 13.1. The Balaban J connectivity index is 2.04. The van der Waals surface area contributed by atoms with Crippen molar-refractivity contribution in [3.8, 4) is 0 Å². The predicted octanol–water partition coefficient (Wildman–Crippen LogP) is 3.08. The zero-order valence-corrected chi connectivity index (χ0v) is 17.7. The first-order chi connectivity index (χ1) is 12.7. The Kier molecular flexibility index (Phi) is 7.42. The van der Waals surface area contributed by atoms with Crippen LogP contribution < -0.4 is 5.32 Å². The standard InChI is InChI=1S/C22H35N3O2/c1-15(2)20(23-21(26)19-10-8-7-9-17(19)5)22(27)24(6)18-11-13-25(14-12-18)16(3)4/h7-10,15-16,18,20H,11-14H2,1-6H3,(H,23,26). The molecule has 1 fully saturated rings. The molecule has 1 saturated heterocycles. The smallest absolute Gasteiger partial charge is 0.252 e. The number of hydrogen-bond acceptors (Lipinski definition) is 3. The monoisotopic (exact) mass is 373 g/mol. The highest BCUT2D eigenvalue weighted by Gasteiger charge is 2.32. The van der Waals surface area contributed by atoms with Gasteiger partial charge in [-0.15, -0.1) is 0 Å². The van der Waals surface area contributed by atoms with Crippen molar-refractivity contribution in [2.75, 3.05) is 20.1 Å². The highest BCUT2D eigenvalue weighted by Crippen LogP contribution is 2.19. The average Bonchev–Trinajstić information content (AvgIpc) is 2.65. The minimum Gasteiger partial charge on any atom is -0.341 e. The molecule has 0 bridgehead atoms. The maximum Gasteiger partial charge on any atom is 0.252 e. The van der Waals surface area contributed by atoms with E-state index in [0.717, 1.165) is 31.5 Å². The fourth-order valence-electron chi connectivity index (χ4n) is 3.75. The van der Waals surface area contributed by atoms with Gasteiger partial charge in [0.05, 0.1) is 0 Å². The number of aryl methyl sites for hydroxylation is 1. The Morgan fingerprint density at radius 2 is 1.70 bits per heavy atom. The van der Waals surface area contributed by atoms with E-state index in [0.29, 0.717) is 11.6 Å². The second-order valence-electron chi connectivity index (χ2n) is 8.32. The predicted molar refractivity (Wildman–Crippen MR) is 110 cm³/mol. The van der Waals surface area contributed by atoms with Crippen LogP contribution >= 0.6 is 0 Å². The van der Waals surface area contributed by atoms with Crippen molar-refractivity contribution in [3.05, 3.63) is 35.4 Å².